The van der Waals surface area contributed by atoms with Gasteiger partial charge in [-0.15, -0.1) is 0 Å². The van der Waals surface area contributed by atoms with Crippen molar-refractivity contribution >= 4 is 27.8 Å². The third-order valence-electron chi connectivity index (χ3n) is 3.34. The summed E-state index contributed by atoms with van der Waals surface area (Å²) in [6, 6.07) is 5.03. The van der Waals surface area contributed by atoms with Gasteiger partial charge in [-0.3, -0.25) is 25.2 Å². The monoisotopic (exact) mass is 399 g/mol. The van der Waals surface area contributed by atoms with E-state index in [2.05, 4.69) is 10.1 Å². The topological polar surface area (TPSA) is 131 Å². The third kappa shape index (κ3) is 8.18. The summed E-state index contributed by atoms with van der Waals surface area (Å²) in [5.74, 6) is -2.12. The lowest BCUT2D eigenvalue weighted by atomic mass is 10.1. The van der Waals surface area contributed by atoms with Gasteiger partial charge in [0.25, 0.3) is 5.91 Å². The Hall–Kier alpha value is -2.46. The minimum atomic E-state index is -3.94. The molecule has 1 aromatic rings. The van der Waals surface area contributed by atoms with E-state index in [-0.39, 0.29) is 17.2 Å². The molecule has 0 aliphatic rings. The number of hydrogen-bond donors (Lipinski definition) is 3. The van der Waals surface area contributed by atoms with E-state index < -0.39 is 40.5 Å². The Bertz CT molecular complexity index is 774. The molecule has 0 bridgehead atoms. The molecule has 1 rings (SSSR count). The molecule has 0 radical (unpaired) electrons. The van der Waals surface area contributed by atoms with Gasteiger partial charge in [0.2, 0.25) is 15.9 Å². The molecule has 0 fully saturated rings. The standard InChI is InChI=1S/C17H25N3O6S/c1-11(2)9-15(17(23)26-10-16(22)19-18-13(4)21)20-27(24,25)14-7-5-12(3)6-8-14/h5-8,11,15,20H,9-10H2,1-4H3,(H,18,21)(H,19,22)/t15-/m1/s1. The number of carbonyl (C=O) groups is 3. The van der Waals surface area contributed by atoms with Gasteiger partial charge in [0.1, 0.15) is 6.04 Å². The van der Waals surface area contributed by atoms with Crippen LogP contribution in [0.3, 0.4) is 0 Å². The van der Waals surface area contributed by atoms with Crippen LogP contribution in [0.5, 0.6) is 0 Å². The lowest BCUT2D eigenvalue weighted by Gasteiger charge is -2.19. The van der Waals surface area contributed by atoms with E-state index in [1.165, 1.54) is 19.1 Å². The third-order valence-corrected chi connectivity index (χ3v) is 4.83. The van der Waals surface area contributed by atoms with E-state index >= 15 is 0 Å². The van der Waals surface area contributed by atoms with Crippen molar-refractivity contribution in [3.05, 3.63) is 29.8 Å². The van der Waals surface area contributed by atoms with Gasteiger partial charge in [0.15, 0.2) is 6.61 Å². The van der Waals surface area contributed by atoms with Gasteiger partial charge in [-0.05, 0) is 31.4 Å². The smallest absolute Gasteiger partial charge is 0.324 e. The highest BCUT2D eigenvalue weighted by Gasteiger charge is 2.28. The molecule has 0 saturated heterocycles. The van der Waals surface area contributed by atoms with Crippen LogP contribution in [0.25, 0.3) is 0 Å². The first-order valence-electron chi connectivity index (χ1n) is 8.32. The van der Waals surface area contributed by atoms with Gasteiger partial charge in [-0.1, -0.05) is 31.5 Å². The maximum atomic E-state index is 12.5. The summed E-state index contributed by atoms with van der Waals surface area (Å²) in [4.78, 5) is 34.5. The summed E-state index contributed by atoms with van der Waals surface area (Å²) in [5.41, 5.74) is 5.00. The lowest BCUT2D eigenvalue weighted by molar-refractivity contribution is -0.150. The second-order valence-electron chi connectivity index (χ2n) is 6.45. The van der Waals surface area contributed by atoms with Crippen LogP contribution in [0.15, 0.2) is 29.2 Å². The molecule has 0 spiro atoms. The largest absolute Gasteiger partial charge is 0.454 e. The normalized spacial score (nSPS) is 12.3. The zero-order valence-electron chi connectivity index (χ0n) is 15.7. The second kappa shape index (κ2) is 10.0. The fourth-order valence-electron chi connectivity index (χ4n) is 2.07. The number of hydrazine groups is 1. The van der Waals surface area contributed by atoms with Crippen molar-refractivity contribution in [1.29, 1.82) is 0 Å². The Morgan fingerprint density at radius 3 is 2.19 bits per heavy atom. The number of ether oxygens (including phenoxy) is 1. The highest BCUT2D eigenvalue weighted by molar-refractivity contribution is 7.89. The van der Waals surface area contributed by atoms with Crippen LogP contribution in [0.1, 0.15) is 32.8 Å². The second-order valence-corrected chi connectivity index (χ2v) is 8.17. The Kier molecular flexibility index (Phi) is 8.38. The predicted octanol–water partition coefficient (Wildman–Crippen LogP) is 0.399. The van der Waals surface area contributed by atoms with Crippen molar-refractivity contribution in [1.82, 2.24) is 15.6 Å². The molecule has 0 unspecified atom stereocenters. The van der Waals surface area contributed by atoms with Crippen LogP contribution in [0.2, 0.25) is 0 Å². The van der Waals surface area contributed by atoms with E-state index in [1.807, 2.05) is 26.2 Å². The maximum Gasteiger partial charge on any atom is 0.324 e. The van der Waals surface area contributed by atoms with E-state index in [0.717, 1.165) is 5.56 Å². The first-order chi connectivity index (χ1) is 12.5. The Labute approximate surface area is 158 Å². The number of benzene rings is 1. The fourth-order valence-corrected chi connectivity index (χ4v) is 3.27. The summed E-state index contributed by atoms with van der Waals surface area (Å²) in [7, 11) is -3.94. The van der Waals surface area contributed by atoms with E-state index in [0.29, 0.717) is 0 Å². The molecule has 0 saturated carbocycles. The maximum absolute atomic E-state index is 12.5. The number of carbonyl (C=O) groups excluding carboxylic acids is 3. The van der Waals surface area contributed by atoms with Crippen molar-refractivity contribution in [2.24, 2.45) is 5.92 Å². The summed E-state index contributed by atoms with van der Waals surface area (Å²) < 4.78 is 32.2. The van der Waals surface area contributed by atoms with E-state index in [1.54, 1.807) is 12.1 Å². The number of hydrogen-bond acceptors (Lipinski definition) is 6. The number of rotatable bonds is 8. The number of esters is 1. The van der Waals surface area contributed by atoms with Crippen molar-refractivity contribution in [3.8, 4) is 0 Å². The van der Waals surface area contributed by atoms with Crippen LogP contribution < -0.4 is 15.6 Å². The van der Waals surface area contributed by atoms with E-state index in [9.17, 15) is 22.8 Å². The minimum Gasteiger partial charge on any atom is -0.454 e. The lowest BCUT2D eigenvalue weighted by Crippen LogP contribution is -2.45. The van der Waals surface area contributed by atoms with Gasteiger partial charge in [0.05, 0.1) is 4.90 Å². The van der Waals surface area contributed by atoms with Gasteiger partial charge >= 0.3 is 5.97 Å². The Balaban J connectivity index is 2.79. The summed E-state index contributed by atoms with van der Waals surface area (Å²) in [6.45, 7) is 6.02. The summed E-state index contributed by atoms with van der Waals surface area (Å²) in [5, 5.41) is 0. The van der Waals surface area contributed by atoms with Gasteiger partial charge in [-0.2, -0.15) is 4.72 Å². The zero-order valence-corrected chi connectivity index (χ0v) is 16.6. The van der Waals surface area contributed by atoms with Gasteiger partial charge in [-0.25, -0.2) is 8.42 Å². The van der Waals surface area contributed by atoms with Gasteiger partial charge < -0.3 is 4.74 Å². The number of amides is 2. The molecule has 150 valence electrons. The molecule has 0 aromatic heterocycles. The van der Waals surface area contributed by atoms with Crippen LogP contribution in [0.4, 0.5) is 0 Å². The molecule has 3 N–H and O–H groups in total. The quantitative estimate of drug-likeness (QED) is 0.428. The van der Waals surface area contributed by atoms with Crippen molar-refractivity contribution in [2.45, 2.75) is 45.1 Å². The van der Waals surface area contributed by atoms with Crippen molar-refractivity contribution in [3.63, 3.8) is 0 Å². The van der Waals surface area contributed by atoms with Crippen molar-refractivity contribution < 1.29 is 27.5 Å². The molecule has 0 heterocycles. The number of nitrogens with one attached hydrogen (secondary N) is 3. The summed E-state index contributed by atoms with van der Waals surface area (Å²) >= 11 is 0. The SMILES string of the molecule is CC(=O)NNC(=O)COC(=O)[C@@H](CC(C)C)NS(=O)(=O)c1ccc(C)cc1. The molecule has 1 aromatic carbocycles. The molecule has 1 atom stereocenters. The van der Waals surface area contributed by atoms with Crippen LogP contribution in [-0.4, -0.2) is 38.9 Å². The number of sulfonamides is 1. The van der Waals surface area contributed by atoms with Crippen molar-refractivity contribution in [2.75, 3.05) is 6.61 Å². The highest BCUT2D eigenvalue weighted by atomic mass is 32.2. The van der Waals surface area contributed by atoms with Crippen LogP contribution in [0, 0.1) is 12.8 Å². The first-order valence-corrected chi connectivity index (χ1v) is 9.80. The zero-order chi connectivity index (χ0) is 20.6. The molecular weight excluding hydrogens is 374 g/mol. The summed E-state index contributed by atoms with van der Waals surface area (Å²) in [6.07, 6.45) is 0.192. The molecule has 2 amide bonds. The number of aryl methyl sites for hydroxylation is 1. The Morgan fingerprint density at radius 1 is 1.07 bits per heavy atom. The van der Waals surface area contributed by atoms with Crippen LogP contribution in [-0.2, 0) is 29.1 Å². The minimum absolute atomic E-state index is 0.00326. The van der Waals surface area contributed by atoms with E-state index in [4.69, 9.17) is 4.74 Å². The molecule has 0 aliphatic carbocycles. The molecule has 27 heavy (non-hydrogen) atoms. The first kappa shape index (κ1) is 22.6. The molecule has 0 aliphatic heterocycles. The van der Waals surface area contributed by atoms with Gasteiger partial charge in [0, 0.05) is 6.92 Å². The average Bonchev–Trinajstić information content (AvgIpc) is 2.57. The molecular formula is C17H25N3O6S. The highest BCUT2D eigenvalue weighted by Crippen LogP contribution is 2.14. The fraction of sp³-hybridized carbons (Fsp3) is 0.471. The average molecular weight is 399 g/mol. The Morgan fingerprint density at radius 2 is 1.67 bits per heavy atom. The van der Waals surface area contributed by atoms with Crippen LogP contribution >= 0.6 is 0 Å². The molecule has 9 nitrogen and oxygen atoms in total. The molecule has 10 heteroatoms. The predicted molar refractivity (Wildman–Crippen MR) is 97.7 cm³/mol.